The molecule has 5 rings (SSSR count). The van der Waals surface area contributed by atoms with Gasteiger partial charge in [0.25, 0.3) is 5.82 Å². The molecule has 0 aliphatic rings. The van der Waals surface area contributed by atoms with Crippen molar-refractivity contribution in [1.82, 2.24) is 4.57 Å². The van der Waals surface area contributed by atoms with E-state index in [1.807, 2.05) is 0 Å². The van der Waals surface area contributed by atoms with E-state index in [2.05, 4.69) is 138 Å². The van der Waals surface area contributed by atoms with Crippen LogP contribution >= 0.6 is 0 Å². The molecule has 0 aliphatic carbocycles. The molecule has 0 saturated heterocycles. The maximum absolute atomic E-state index is 2.50. The van der Waals surface area contributed by atoms with Crippen LogP contribution in [-0.2, 0) is 0 Å². The number of benzene rings is 4. The van der Waals surface area contributed by atoms with Gasteiger partial charge >= 0.3 is 0 Å². The fourth-order valence-electron chi connectivity index (χ4n) is 4.63. The molecule has 5 aromatic rings. The molecule has 1 aromatic heterocycles. The predicted molar refractivity (Wildman–Crippen MR) is 128 cm³/mol. The normalized spacial score (nSPS) is 13.2. The highest BCUT2D eigenvalue weighted by atomic mass is 15.2. The van der Waals surface area contributed by atoms with Gasteiger partial charge in [0.05, 0.1) is 5.56 Å². The highest BCUT2D eigenvalue weighted by Gasteiger charge is 2.32. The van der Waals surface area contributed by atoms with Crippen LogP contribution in [0.2, 0.25) is 0 Å². The van der Waals surface area contributed by atoms with Crippen LogP contribution < -0.4 is 4.57 Å². The second kappa shape index (κ2) is 8.23. The van der Waals surface area contributed by atoms with Crippen LogP contribution in [0.3, 0.4) is 0 Å². The molecule has 2 nitrogen and oxygen atoms in total. The molecule has 1 heterocycles. The molecule has 0 N–H and O–H groups in total. The molecule has 0 fully saturated rings. The lowest BCUT2D eigenvalue weighted by molar-refractivity contribution is -0.675. The van der Waals surface area contributed by atoms with E-state index in [-0.39, 0.29) is 12.1 Å². The van der Waals surface area contributed by atoms with Crippen molar-refractivity contribution in [3.8, 4) is 11.4 Å². The van der Waals surface area contributed by atoms with Gasteiger partial charge in [-0.25, -0.2) is 9.13 Å². The summed E-state index contributed by atoms with van der Waals surface area (Å²) >= 11 is 0. The quantitative estimate of drug-likeness (QED) is 0.285. The number of rotatable bonds is 5. The molecule has 0 radical (unpaired) electrons. The Balaban J connectivity index is 1.84. The van der Waals surface area contributed by atoms with Crippen molar-refractivity contribution in [1.29, 1.82) is 0 Å². The summed E-state index contributed by atoms with van der Waals surface area (Å²) in [6.07, 6.45) is 0. The van der Waals surface area contributed by atoms with E-state index in [4.69, 9.17) is 0 Å². The molecule has 0 saturated carbocycles. The number of imidazole rings is 1. The molecule has 152 valence electrons. The highest BCUT2D eigenvalue weighted by molar-refractivity contribution is 5.76. The van der Waals surface area contributed by atoms with Crippen molar-refractivity contribution in [2.24, 2.45) is 0 Å². The molecule has 0 aliphatic heterocycles. The molecule has 4 aromatic carbocycles. The first-order valence-corrected chi connectivity index (χ1v) is 11.0. The van der Waals surface area contributed by atoms with Gasteiger partial charge in [-0.05, 0) is 49.2 Å². The summed E-state index contributed by atoms with van der Waals surface area (Å²) in [7, 11) is 0. The SMILES string of the molecule is C[C@@H](c1ccccc1)n1c(-c2ccccc2)[n+]([C@@H](C)c2ccccc2)c2ccccc21. The monoisotopic (exact) mass is 403 g/mol. The first-order chi connectivity index (χ1) is 15.3. The summed E-state index contributed by atoms with van der Waals surface area (Å²) in [5.41, 5.74) is 6.34. The maximum Gasteiger partial charge on any atom is 0.290 e. The topological polar surface area (TPSA) is 8.81 Å². The third-order valence-corrected chi connectivity index (χ3v) is 6.23. The Morgan fingerprint density at radius 2 is 1.10 bits per heavy atom. The minimum Gasteiger partial charge on any atom is -0.216 e. The first-order valence-electron chi connectivity index (χ1n) is 11.0. The van der Waals surface area contributed by atoms with E-state index in [9.17, 15) is 0 Å². The van der Waals surface area contributed by atoms with Crippen LogP contribution in [0.5, 0.6) is 0 Å². The minimum absolute atomic E-state index is 0.200. The molecular weight excluding hydrogens is 376 g/mol. The van der Waals surface area contributed by atoms with Gasteiger partial charge in [0.15, 0.2) is 11.0 Å². The van der Waals surface area contributed by atoms with Crippen LogP contribution in [0.4, 0.5) is 0 Å². The Kier molecular flexibility index (Phi) is 5.13. The molecule has 31 heavy (non-hydrogen) atoms. The zero-order valence-electron chi connectivity index (χ0n) is 18.0. The van der Waals surface area contributed by atoms with E-state index in [1.165, 1.54) is 33.5 Å². The lowest BCUT2D eigenvalue weighted by Crippen LogP contribution is -2.40. The summed E-state index contributed by atoms with van der Waals surface area (Å²) < 4.78 is 5.00. The van der Waals surface area contributed by atoms with Crippen molar-refractivity contribution < 1.29 is 4.57 Å². The second-order valence-corrected chi connectivity index (χ2v) is 8.09. The Hall–Kier alpha value is -3.65. The largest absolute Gasteiger partial charge is 0.290 e. The standard InChI is InChI=1S/C29H27N2/c1-22(24-14-6-3-7-15-24)30-27-20-12-13-21-28(27)31(23(2)25-16-8-4-9-17-25)29(30)26-18-10-5-11-19-26/h3-23H,1-2H3/q+1/t22-,23-/m0/s1. The molecular formula is C29H27N2+. The van der Waals surface area contributed by atoms with Crippen molar-refractivity contribution in [3.63, 3.8) is 0 Å². The van der Waals surface area contributed by atoms with E-state index in [1.54, 1.807) is 0 Å². The molecule has 2 atom stereocenters. The van der Waals surface area contributed by atoms with Crippen LogP contribution in [0.15, 0.2) is 115 Å². The fraction of sp³-hybridized carbons (Fsp3) is 0.138. The lowest BCUT2D eigenvalue weighted by atomic mass is 10.1. The van der Waals surface area contributed by atoms with Crippen molar-refractivity contribution in [3.05, 3.63) is 126 Å². The van der Waals surface area contributed by atoms with E-state index < -0.39 is 0 Å². The molecule has 0 spiro atoms. The Morgan fingerprint density at radius 1 is 0.581 bits per heavy atom. The number of para-hydroxylation sites is 2. The summed E-state index contributed by atoms with van der Waals surface area (Å²) in [4.78, 5) is 0. The third-order valence-electron chi connectivity index (χ3n) is 6.23. The van der Waals surface area contributed by atoms with E-state index >= 15 is 0 Å². The van der Waals surface area contributed by atoms with Gasteiger partial charge < -0.3 is 0 Å². The van der Waals surface area contributed by atoms with Crippen LogP contribution in [0, 0.1) is 0 Å². The van der Waals surface area contributed by atoms with Gasteiger partial charge in [-0.1, -0.05) is 91.0 Å². The van der Waals surface area contributed by atoms with Gasteiger partial charge in [0.2, 0.25) is 0 Å². The summed E-state index contributed by atoms with van der Waals surface area (Å²) in [5, 5.41) is 0. The van der Waals surface area contributed by atoms with E-state index in [0.717, 1.165) is 0 Å². The molecule has 0 amide bonds. The first kappa shape index (κ1) is 19.3. The van der Waals surface area contributed by atoms with Gasteiger partial charge in [-0.2, -0.15) is 0 Å². The second-order valence-electron chi connectivity index (χ2n) is 8.09. The number of hydrogen-bond donors (Lipinski definition) is 0. The predicted octanol–water partition coefficient (Wildman–Crippen LogP) is 6.81. The Bertz CT molecular complexity index is 1210. The Labute approximate surface area is 184 Å². The van der Waals surface area contributed by atoms with Crippen molar-refractivity contribution in [2.75, 3.05) is 0 Å². The Morgan fingerprint density at radius 3 is 1.74 bits per heavy atom. The molecule has 0 bridgehead atoms. The summed E-state index contributed by atoms with van der Waals surface area (Å²) in [6.45, 7) is 4.59. The summed E-state index contributed by atoms with van der Waals surface area (Å²) in [5.74, 6) is 1.23. The van der Waals surface area contributed by atoms with Crippen molar-refractivity contribution in [2.45, 2.75) is 25.9 Å². The minimum atomic E-state index is 0.200. The third kappa shape index (κ3) is 3.44. The van der Waals surface area contributed by atoms with Gasteiger partial charge in [-0.15, -0.1) is 0 Å². The van der Waals surface area contributed by atoms with Crippen LogP contribution in [-0.4, -0.2) is 4.57 Å². The van der Waals surface area contributed by atoms with Crippen LogP contribution in [0.25, 0.3) is 22.4 Å². The van der Waals surface area contributed by atoms with Gasteiger partial charge in [0, 0.05) is 0 Å². The average Bonchev–Trinajstić information content (AvgIpc) is 3.20. The fourth-order valence-corrected chi connectivity index (χ4v) is 4.63. The maximum atomic E-state index is 2.50. The smallest absolute Gasteiger partial charge is 0.216 e. The number of hydrogen-bond acceptors (Lipinski definition) is 0. The van der Waals surface area contributed by atoms with Crippen molar-refractivity contribution >= 4 is 11.0 Å². The summed E-state index contributed by atoms with van der Waals surface area (Å²) in [6, 6.07) is 41.5. The van der Waals surface area contributed by atoms with Gasteiger partial charge in [-0.3, -0.25) is 0 Å². The van der Waals surface area contributed by atoms with Crippen LogP contribution in [0.1, 0.15) is 37.1 Å². The molecule has 0 unspecified atom stereocenters. The molecule has 2 heteroatoms. The zero-order chi connectivity index (χ0) is 21.2. The van der Waals surface area contributed by atoms with E-state index in [0.29, 0.717) is 0 Å². The average molecular weight is 404 g/mol. The highest BCUT2D eigenvalue weighted by Crippen LogP contribution is 2.32. The number of aromatic nitrogens is 2. The number of fused-ring (bicyclic) bond motifs is 1. The zero-order valence-corrected chi connectivity index (χ0v) is 18.0. The van der Waals surface area contributed by atoms with Gasteiger partial charge in [0.1, 0.15) is 12.1 Å². The lowest BCUT2D eigenvalue weighted by Gasteiger charge is -2.16. The number of nitrogens with zero attached hydrogens (tertiary/aromatic N) is 2.